The third-order valence-electron chi connectivity index (χ3n) is 4.65. The molecule has 1 aromatic heterocycles. The molecule has 1 aromatic carbocycles. The van der Waals surface area contributed by atoms with Crippen LogP contribution >= 0.6 is 0 Å². The SMILES string of the molecule is CCN(c1cc(Nc2cccc(C(C)=O)c2)nc(C)n1)C1CCS(=O)(=O)C1. The molecule has 1 saturated heterocycles. The van der Waals surface area contributed by atoms with E-state index >= 15 is 0 Å². The summed E-state index contributed by atoms with van der Waals surface area (Å²) in [5.41, 5.74) is 1.38. The number of Topliss-reactive ketones (excluding diaryl/α,β-unsaturated/α-hetero) is 1. The highest BCUT2D eigenvalue weighted by Crippen LogP contribution is 2.26. The first kappa shape index (κ1) is 19.3. The molecule has 2 aromatic rings. The number of carbonyl (C=O) groups is 1. The maximum Gasteiger partial charge on any atom is 0.159 e. The van der Waals surface area contributed by atoms with Crippen molar-refractivity contribution in [2.75, 3.05) is 28.3 Å². The number of rotatable bonds is 6. The van der Waals surface area contributed by atoms with Gasteiger partial charge in [0.15, 0.2) is 15.6 Å². The molecule has 144 valence electrons. The molecule has 1 atom stereocenters. The highest BCUT2D eigenvalue weighted by Gasteiger charge is 2.32. The summed E-state index contributed by atoms with van der Waals surface area (Å²) < 4.78 is 23.7. The van der Waals surface area contributed by atoms with Gasteiger partial charge in [-0.05, 0) is 39.3 Å². The number of ketones is 1. The number of hydrogen-bond acceptors (Lipinski definition) is 7. The van der Waals surface area contributed by atoms with Crippen LogP contribution in [0.4, 0.5) is 17.3 Å². The molecule has 3 rings (SSSR count). The molecule has 7 nitrogen and oxygen atoms in total. The van der Waals surface area contributed by atoms with Gasteiger partial charge in [-0.3, -0.25) is 4.79 Å². The largest absolute Gasteiger partial charge is 0.353 e. The summed E-state index contributed by atoms with van der Waals surface area (Å²) in [7, 11) is -2.97. The average Bonchev–Trinajstić information content (AvgIpc) is 2.95. The van der Waals surface area contributed by atoms with Gasteiger partial charge in [0, 0.05) is 29.9 Å². The van der Waals surface area contributed by atoms with Crippen LogP contribution in [-0.4, -0.2) is 48.3 Å². The van der Waals surface area contributed by atoms with Crippen LogP contribution in [0.2, 0.25) is 0 Å². The van der Waals surface area contributed by atoms with Gasteiger partial charge in [0.25, 0.3) is 0 Å². The molecule has 0 radical (unpaired) electrons. The zero-order valence-corrected chi connectivity index (χ0v) is 16.6. The molecule has 0 aliphatic carbocycles. The lowest BCUT2D eigenvalue weighted by molar-refractivity contribution is 0.101. The average molecular weight is 388 g/mol. The fourth-order valence-corrected chi connectivity index (χ4v) is 5.09. The fraction of sp³-hybridized carbons (Fsp3) is 0.421. The van der Waals surface area contributed by atoms with Crippen molar-refractivity contribution in [3.63, 3.8) is 0 Å². The van der Waals surface area contributed by atoms with Gasteiger partial charge in [0.05, 0.1) is 11.5 Å². The molecule has 1 N–H and O–H groups in total. The Balaban J connectivity index is 1.87. The number of sulfone groups is 1. The predicted molar refractivity (Wildman–Crippen MR) is 107 cm³/mol. The Morgan fingerprint density at radius 2 is 2.07 bits per heavy atom. The minimum Gasteiger partial charge on any atom is -0.353 e. The second kappa shape index (κ2) is 7.64. The van der Waals surface area contributed by atoms with E-state index in [1.54, 1.807) is 19.1 Å². The smallest absolute Gasteiger partial charge is 0.159 e. The number of hydrogen-bond donors (Lipinski definition) is 1. The number of carbonyl (C=O) groups excluding carboxylic acids is 1. The summed E-state index contributed by atoms with van der Waals surface area (Å²) in [5.74, 6) is 2.29. The van der Waals surface area contributed by atoms with Gasteiger partial charge in [0.1, 0.15) is 17.5 Å². The first-order valence-electron chi connectivity index (χ1n) is 8.98. The number of nitrogens with zero attached hydrogens (tertiary/aromatic N) is 3. The van der Waals surface area contributed by atoms with Gasteiger partial charge in [0.2, 0.25) is 0 Å². The zero-order chi connectivity index (χ0) is 19.6. The molecule has 1 unspecified atom stereocenters. The van der Waals surface area contributed by atoms with Crippen molar-refractivity contribution in [2.24, 2.45) is 0 Å². The normalized spacial score (nSPS) is 18.3. The second-order valence-corrected chi connectivity index (χ2v) is 8.99. The monoisotopic (exact) mass is 388 g/mol. The Morgan fingerprint density at radius 3 is 2.70 bits per heavy atom. The lowest BCUT2D eigenvalue weighted by Crippen LogP contribution is -2.37. The molecular formula is C19H24N4O3S. The standard InChI is InChI=1S/C19H24N4O3S/c1-4-23(17-8-9-27(25,26)12-17)19-11-18(20-14(3)21-19)22-16-7-5-6-15(10-16)13(2)24/h5-7,10-11,17H,4,8-9,12H2,1-3H3,(H,20,21,22). The molecule has 2 heterocycles. The summed E-state index contributed by atoms with van der Waals surface area (Å²) in [6, 6.07) is 8.98. The van der Waals surface area contributed by atoms with Gasteiger partial charge in [-0.2, -0.15) is 0 Å². The Kier molecular flexibility index (Phi) is 5.46. The van der Waals surface area contributed by atoms with Gasteiger partial charge in [-0.25, -0.2) is 18.4 Å². The van der Waals surface area contributed by atoms with Gasteiger partial charge in [-0.1, -0.05) is 12.1 Å². The third kappa shape index (κ3) is 4.63. The van der Waals surface area contributed by atoms with Crippen molar-refractivity contribution < 1.29 is 13.2 Å². The van der Waals surface area contributed by atoms with Crippen LogP contribution in [0.3, 0.4) is 0 Å². The molecule has 0 saturated carbocycles. The van der Waals surface area contributed by atoms with E-state index in [1.165, 1.54) is 6.92 Å². The number of anilines is 3. The quantitative estimate of drug-likeness (QED) is 0.761. The van der Waals surface area contributed by atoms with E-state index in [0.29, 0.717) is 36.0 Å². The van der Waals surface area contributed by atoms with E-state index in [4.69, 9.17) is 0 Å². The van der Waals surface area contributed by atoms with E-state index in [2.05, 4.69) is 15.3 Å². The predicted octanol–water partition coefficient (Wildman–Crippen LogP) is 2.74. The number of nitrogens with one attached hydrogen (secondary N) is 1. The number of aromatic nitrogens is 2. The molecule has 0 bridgehead atoms. The summed E-state index contributed by atoms with van der Waals surface area (Å²) in [5, 5.41) is 3.22. The minimum absolute atomic E-state index is 0.00203. The minimum atomic E-state index is -2.97. The van der Waals surface area contributed by atoms with Crippen LogP contribution < -0.4 is 10.2 Å². The Hall–Kier alpha value is -2.48. The van der Waals surface area contributed by atoms with Crippen LogP contribution in [0.5, 0.6) is 0 Å². The first-order chi connectivity index (χ1) is 12.8. The molecular weight excluding hydrogens is 364 g/mol. The highest BCUT2D eigenvalue weighted by molar-refractivity contribution is 7.91. The van der Waals surface area contributed by atoms with Gasteiger partial charge in [-0.15, -0.1) is 0 Å². The molecule has 0 spiro atoms. The van der Waals surface area contributed by atoms with E-state index in [0.717, 1.165) is 5.69 Å². The molecule has 27 heavy (non-hydrogen) atoms. The Morgan fingerprint density at radius 1 is 1.30 bits per heavy atom. The second-order valence-electron chi connectivity index (χ2n) is 6.76. The third-order valence-corrected chi connectivity index (χ3v) is 6.40. The van der Waals surface area contributed by atoms with E-state index in [9.17, 15) is 13.2 Å². The van der Waals surface area contributed by atoms with Gasteiger partial charge >= 0.3 is 0 Å². The Labute approximate surface area is 159 Å². The van der Waals surface area contributed by atoms with Gasteiger partial charge < -0.3 is 10.2 Å². The maximum atomic E-state index is 11.9. The summed E-state index contributed by atoms with van der Waals surface area (Å²) >= 11 is 0. The summed E-state index contributed by atoms with van der Waals surface area (Å²) in [6.45, 7) is 5.99. The topological polar surface area (TPSA) is 92.3 Å². The van der Waals surface area contributed by atoms with Crippen molar-refractivity contribution in [1.29, 1.82) is 0 Å². The Bertz CT molecular complexity index is 959. The van der Waals surface area contributed by atoms with Crippen LogP contribution in [0.15, 0.2) is 30.3 Å². The van der Waals surface area contributed by atoms with E-state index < -0.39 is 9.84 Å². The van der Waals surface area contributed by atoms with Crippen molar-refractivity contribution >= 4 is 32.9 Å². The maximum absolute atomic E-state index is 11.9. The van der Waals surface area contributed by atoms with Crippen LogP contribution in [0.1, 0.15) is 36.5 Å². The first-order valence-corrected chi connectivity index (χ1v) is 10.8. The lowest BCUT2D eigenvalue weighted by atomic mass is 10.1. The lowest BCUT2D eigenvalue weighted by Gasteiger charge is -2.28. The summed E-state index contributed by atoms with van der Waals surface area (Å²) in [4.78, 5) is 22.5. The molecule has 0 amide bonds. The number of aryl methyl sites for hydroxylation is 1. The van der Waals surface area contributed by atoms with E-state index in [-0.39, 0.29) is 23.3 Å². The van der Waals surface area contributed by atoms with Crippen LogP contribution in [-0.2, 0) is 9.84 Å². The zero-order valence-electron chi connectivity index (χ0n) is 15.8. The fourth-order valence-electron chi connectivity index (χ4n) is 3.36. The van der Waals surface area contributed by atoms with Crippen molar-refractivity contribution in [2.45, 2.75) is 33.2 Å². The molecule has 1 aliphatic rings. The van der Waals surface area contributed by atoms with Crippen LogP contribution in [0, 0.1) is 6.92 Å². The number of benzene rings is 1. The van der Waals surface area contributed by atoms with E-state index in [1.807, 2.05) is 30.0 Å². The van der Waals surface area contributed by atoms with Crippen LogP contribution in [0.25, 0.3) is 0 Å². The van der Waals surface area contributed by atoms with Crippen molar-refractivity contribution in [3.05, 3.63) is 41.7 Å². The highest BCUT2D eigenvalue weighted by atomic mass is 32.2. The molecule has 1 aliphatic heterocycles. The molecule has 1 fully saturated rings. The van der Waals surface area contributed by atoms with Crippen molar-refractivity contribution in [1.82, 2.24) is 9.97 Å². The molecule has 8 heteroatoms. The summed E-state index contributed by atoms with van der Waals surface area (Å²) in [6.07, 6.45) is 0.614. The van der Waals surface area contributed by atoms with Crippen molar-refractivity contribution in [3.8, 4) is 0 Å².